The average Bonchev–Trinajstić information content (AvgIpc) is 0.729. The highest BCUT2D eigenvalue weighted by molar-refractivity contribution is 6.24. The van der Waals surface area contributed by atoms with Crippen molar-refractivity contribution in [3.8, 4) is 121 Å². The van der Waals surface area contributed by atoms with Crippen molar-refractivity contribution in [2.45, 2.75) is 182 Å². The van der Waals surface area contributed by atoms with Crippen LogP contribution in [-0.4, -0.2) is 39.6 Å². The van der Waals surface area contributed by atoms with Crippen molar-refractivity contribution < 1.29 is 28.4 Å². The second kappa shape index (κ2) is 39.9. The lowest BCUT2D eigenvalue weighted by atomic mass is 9.85. The quantitative estimate of drug-likeness (QED) is 0.0218. The van der Waals surface area contributed by atoms with Crippen LogP contribution in [-0.2, 0) is 17.6 Å². The molecular formula is C109H108O6. The van der Waals surface area contributed by atoms with E-state index >= 15 is 0 Å². The lowest BCUT2D eigenvalue weighted by Crippen LogP contribution is -2.29. The summed E-state index contributed by atoms with van der Waals surface area (Å²) in [7, 11) is 1.73. The molecule has 1 atom stereocenters. The van der Waals surface area contributed by atoms with Crippen LogP contribution in [0.5, 0.6) is 28.7 Å². The van der Waals surface area contributed by atoms with Crippen LogP contribution < -0.4 is 23.7 Å². The van der Waals surface area contributed by atoms with Crippen molar-refractivity contribution in [2.75, 3.05) is 33.5 Å². The molecule has 0 N–H and O–H groups in total. The molecule has 0 radical (unpaired) electrons. The van der Waals surface area contributed by atoms with Crippen LogP contribution in [0.3, 0.4) is 0 Å². The van der Waals surface area contributed by atoms with Gasteiger partial charge < -0.3 is 28.4 Å². The van der Waals surface area contributed by atoms with Gasteiger partial charge in [0.1, 0.15) is 41.5 Å². The monoisotopic (exact) mass is 1510 g/mol. The minimum absolute atomic E-state index is 0.242. The minimum atomic E-state index is -0.460. The number of unbranched alkanes of at least 4 members (excludes halogenated alkanes) is 16. The highest BCUT2D eigenvalue weighted by Crippen LogP contribution is 2.50. The molecule has 0 heterocycles. The van der Waals surface area contributed by atoms with Crippen molar-refractivity contribution in [2.24, 2.45) is 0 Å². The molecule has 0 saturated heterocycles. The van der Waals surface area contributed by atoms with Gasteiger partial charge in [0.25, 0.3) is 0 Å². The van der Waals surface area contributed by atoms with Gasteiger partial charge in [0.05, 0.1) is 19.8 Å². The third-order valence-electron chi connectivity index (χ3n) is 22.7. The molecule has 0 aromatic heterocycles. The molecule has 0 saturated carbocycles. The fourth-order valence-electron chi connectivity index (χ4n) is 16.7. The Balaban J connectivity index is 0.816. The van der Waals surface area contributed by atoms with Crippen molar-refractivity contribution in [1.82, 2.24) is 0 Å². The Morgan fingerprint density at radius 2 is 0.652 bits per heavy atom. The zero-order valence-electron chi connectivity index (χ0n) is 68.3. The van der Waals surface area contributed by atoms with Gasteiger partial charge in [-0.2, -0.15) is 0 Å². The summed E-state index contributed by atoms with van der Waals surface area (Å²) >= 11 is 0. The van der Waals surface area contributed by atoms with E-state index in [4.69, 9.17) is 34.8 Å². The largest absolute Gasteiger partial charge is 0.494 e. The van der Waals surface area contributed by atoms with Crippen LogP contribution in [0.1, 0.15) is 173 Å². The highest BCUT2D eigenvalue weighted by Gasteiger charge is 2.24. The predicted molar refractivity (Wildman–Crippen MR) is 487 cm³/mol. The number of benzene rings is 14. The summed E-state index contributed by atoms with van der Waals surface area (Å²) in [4.78, 5) is 0. The van der Waals surface area contributed by atoms with E-state index < -0.39 is 6.10 Å². The Morgan fingerprint density at radius 3 is 1.13 bits per heavy atom. The van der Waals surface area contributed by atoms with E-state index in [1.807, 2.05) is 6.07 Å². The molecule has 1 unspecified atom stereocenters. The van der Waals surface area contributed by atoms with Crippen molar-refractivity contribution in [3.63, 3.8) is 0 Å². The molecular weight excluding hydrogens is 1410 g/mol. The Bertz CT molecular complexity index is 6030. The fourth-order valence-corrected chi connectivity index (χ4v) is 16.7. The summed E-state index contributed by atoms with van der Waals surface area (Å²) in [6.07, 6.45) is 34.1. The molecule has 14 rings (SSSR count). The summed E-state index contributed by atoms with van der Waals surface area (Å²) in [5.74, 6) is 19.4. The molecule has 0 spiro atoms. The molecule has 0 aliphatic heterocycles. The van der Waals surface area contributed by atoms with Gasteiger partial charge in [-0.1, -0.05) is 263 Å². The number of hydrogen-bond acceptors (Lipinski definition) is 6. The zero-order chi connectivity index (χ0) is 79.1. The number of hydrogen-bond donors (Lipinski definition) is 0. The van der Waals surface area contributed by atoms with Gasteiger partial charge in [-0.25, -0.2) is 0 Å². The maximum atomic E-state index is 7.15. The molecule has 14 aromatic rings. The smallest absolute Gasteiger partial charge is 0.156 e. The number of rotatable bonds is 38. The van der Waals surface area contributed by atoms with E-state index in [9.17, 15) is 0 Å². The van der Waals surface area contributed by atoms with E-state index in [2.05, 4.69) is 289 Å². The molecule has 6 heteroatoms. The molecule has 0 aliphatic carbocycles. The Morgan fingerprint density at radius 1 is 0.296 bits per heavy atom. The molecule has 115 heavy (non-hydrogen) atoms. The van der Waals surface area contributed by atoms with Gasteiger partial charge in [0.2, 0.25) is 0 Å². The lowest BCUT2D eigenvalue weighted by molar-refractivity contribution is 0.0486. The van der Waals surface area contributed by atoms with Crippen molar-refractivity contribution >= 4 is 86.2 Å². The summed E-state index contributed by atoms with van der Waals surface area (Å²) < 4.78 is 39.5. The first-order chi connectivity index (χ1) is 56.7. The second-order valence-corrected chi connectivity index (χ2v) is 31.2. The topological polar surface area (TPSA) is 55.4 Å². The summed E-state index contributed by atoms with van der Waals surface area (Å²) in [6.45, 7) is 13.1. The predicted octanol–water partition coefficient (Wildman–Crippen LogP) is 29.1. The van der Waals surface area contributed by atoms with Crippen LogP contribution in [0, 0.1) is 55.0 Å². The third kappa shape index (κ3) is 19.9. The first kappa shape index (κ1) is 80.0. The molecule has 14 aromatic carbocycles. The first-order valence-electron chi connectivity index (χ1n) is 42.5. The van der Waals surface area contributed by atoms with E-state index in [1.54, 1.807) is 7.11 Å². The summed E-state index contributed by atoms with van der Waals surface area (Å²) in [5.41, 5.74) is 13.0. The number of fused-ring (bicyclic) bond motifs is 8. The molecule has 6 nitrogen and oxygen atoms in total. The van der Waals surface area contributed by atoms with Gasteiger partial charge in [-0.15, -0.1) is 6.42 Å². The summed E-state index contributed by atoms with van der Waals surface area (Å²) in [5, 5.41) is 18.2. The number of terminal acetylenes is 1. The lowest BCUT2D eigenvalue weighted by Gasteiger charge is -2.22. The Hall–Kier alpha value is -11.6. The normalized spacial score (nSPS) is 11.6. The molecule has 0 bridgehead atoms. The van der Waals surface area contributed by atoms with E-state index in [0.717, 1.165) is 153 Å². The van der Waals surface area contributed by atoms with Crippen LogP contribution in [0.2, 0.25) is 0 Å². The van der Waals surface area contributed by atoms with Crippen LogP contribution >= 0.6 is 0 Å². The van der Waals surface area contributed by atoms with Gasteiger partial charge in [-0.3, -0.25) is 0 Å². The minimum Gasteiger partial charge on any atom is -0.494 e. The van der Waals surface area contributed by atoms with Crippen molar-refractivity contribution in [3.05, 3.63) is 235 Å². The molecule has 0 fully saturated rings. The van der Waals surface area contributed by atoms with E-state index in [0.29, 0.717) is 25.6 Å². The maximum Gasteiger partial charge on any atom is 0.156 e. The van der Waals surface area contributed by atoms with Gasteiger partial charge in [-0.05, 0) is 296 Å². The maximum absolute atomic E-state index is 7.15. The van der Waals surface area contributed by atoms with Crippen LogP contribution in [0.25, 0.3) is 131 Å². The number of aryl methyl sites for hydroxylation is 3. The van der Waals surface area contributed by atoms with E-state index in [-0.39, 0.29) is 6.61 Å². The number of methoxy groups -OCH3 is 1. The average molecular weight is 1510 g/mol. The third-order valence-corrected chi connectivity index (χ3v) is 22.7. The zero-order valence-corrected chi connectivity index (χ0v) is 68.3. The van der Waals surface area contributed by atoms with Crippen LogP contribution in [0.15, 0.2) is 218 Å². The van der Waals surface area contributed by atoms with E-state index in [1.165, 1.54) is 158 Å². The van der Waals surface area contributed by atoms with Gasteiger partial charge in [0, 0.05) is 24.9 Å². The van der Waals surface area contributed by atoms with Gasteiger partial charge in [0.15, 0.2) is 6.10 Å². The highest BCUT2D eigenvalue weighted by atomic mass is 16.6. The molecule has 0 aliphatic rings. The molecule has 0 amide bonds. The molecule has 580 valence electrons. The first-order valence-corrected chi connectivity index (χ1v) is 42.5. The Labute approximate surface area is 682 Å². The standard InChI is InChI=1S/C109H108O6/c1-8-13-18-23-26-31-60-111-93-53-57-99-102(71-93)106(88-46-42-80-63-77(6)36-39-83(80)66-88)98-56-52-94(112-61-32-27-24-19-14-9-2)72-103(98)107(99)91-49-45-87-70-92(51-50-86(87)69-91)114-76-97(75-110-7)115-96-55-59-101-105(74-96)109(90-48-44-82-65-79(35-30-22-17-12-5)38-41-85(82)68-90)100-58-54-95(113-62-33-28-25-20-15-10-3)73-104(100)108(101)89-47-43-81-64-78(34-29-21-16-11-4)37-40-84(81)67-89/h1,36-59,63-74,97H,9-12,14-17,19-22,24-25,27-30,32-35,61-62,75-76H2,2-7H3. The fraction of sp³-hybridized carbons (Fsp3) is 0.303. The number of ether oxygens (including phenoxy) is 6. The second-order valence-electron chi connectivity index (χ2n) is 31.2. The summed E-state index contributed by atoms with van der Waals surface area (Å²) in [6, 6.07) is 81.1. The Kier molecular flexibility index (Phi) is 27.7. The van der Waals surface area contributed by atoms with Crippen LogP contribution in [0.4, 0.5) is 0 Å². The van der Waals surface area contributed by atoms with Gasteiger partial charge >= 0.3 is 0 Å². The SMILES string of the molecule is C#CC#CC#CC#COc1ccc2c(-c3ccc4cc(OCC(COC)Oc5ccc6c(-c7ccc8cc(CCCCCC)ccc8c7)c7cc(OCCCCCCCC)ccc7c(-c7ccc8cc(CCCCCC)ccc8c7)c6c5)ccc4c3)c3cc(OCCCCCCCC)ccc3c(-c3ccc4cc(C)ccc4c3)c2c1. The van der Waals surface area contributed by atoms with Crippen molar-refractivity contribution in [1.29, 1.82) is 0 Å².